The number of halogens is 1. The third-order valence-electron chi connectivity index (χ3n) is 4.75. The summed E-state index contributed by atoms with van der Waals surface area (Å²) in [5.41, 5.74) is -0.868. The van der Waals surface area contributed by atoms with Gasteiger partial charge >= 0.3 is 0 Å². The Hall–Kier alpha value is -0.190. The van der Waals surface area contributed by atoms with E-state index in [2.05, 4.69) is 22.0 Å². The number of hydrogen-bond acceptors (Lipinski definition) is 3. The fourth-order valence-corrected chi connectivity index (χ4v) is 4.73. The van der Waals surface area contributed by atoms with Gasteiger partial charge in [-0.1, -0.05) is 22.0 Å². The molecule has 5 aliphatic rings. The molecule has 0 N–H and O–H groups in total. The van der Waals surface area contributed by atoms with Crippen LogP contribution in [0, 0.1) is 17.3 Å². The van der Waals surface area contributed by atoms with E-state index in [4.69, 9.17) is 9.47 Å². The molecule has 0 aromatic carbocycles. The third-order valence-corrected chi connectivity index (χ3v) is 5.54. The molecule has 16 heavy (non-hydrogen) atoms. The topological polar surface area (TPSA) is 38.8 Å². The molecule has 2 unspecified atom stereocenters. The fourth-order valence-electron chi connectivity index (χ4n) is 3.77. The number of ether oxygens (including phenoxy) is 2. The zero-order valence-electron chi connectivity index (χ0n) is 8.87. The van der Waals surface area contributed by atoms with Gasteiger partial charge in [0.25, 0.3) is 0 Å². The number of Topliss-reactive ketones (excluding diaryl/α,β-unsaturated/α-hetero) is 1. The second kappa shape index (κ2) is 2.79. The molecule has 0 aromatic rings. The first kappa shape index (κ1) is 9.80. The van der Waals surface area contributed by atoms with E-state index in [1.165, 1.54) is 0 Å². The minimum absolute atomic E-state index is 0.268. The summed E-state index contributed by atoms with van der Waals surface area (Å²) in [4.78, 5) is 12.6. The predicted molar refractivity (Wildman–Crippen MR) is 60.2 cm³/mol. The SMILES string of the molecule is O=C1[C@@]23C=C(Br)C(CC2CCOC3)[C@@]12CO2. The summed E-state index contributed by atoms with van der Waals surface area (Å²) in [6.45, 7) is 1.95. The Morgan fingerprint density at radius 3 is 3.00 bits per heavy atom. The molecular weight excluding hydrogens is 272 g/mol. The molecule has 3 fully saturated rings. The van der Waals surface area contributed by atoms with Gasteiger partial charge in [0.05, 0.1) is 18.6 Å². The van der Waals surface area contributed by atoms with Gasteiger partial charge in [0.1, 0.15) is 0 Å². The molecule has 4 atom stereocenters. The largest absolute Gasteiger partial charge is 0.380 e. The lowest BCUT2D eigenvalue weighted by molar-refractivity contribution is -0.154. The molecule has 3 aliphatic carbocycles. The molecule has 2 saturated heterocycles. The maximum Gasteiger partial charge on any atom is 0.180 e. The summed E-state index contributed by atoms with van der Waals surface area (Å²) in [6, 6.07) is 0. The predicted octanol–water partition coefficient (Wildman–Crippen LogP) is 1.66. The number of rotatable bonds is 0. The normalized spacial score (nSPS) is 53.8. The van der Waals surface area contributed by atoms with Crippen LogP contribution in [-0.4, -0.2) is 31.2 Å². The Labute approximate surface area is 102 Å². The molecular formula is C12H13BrO3. The van der Waals surface area contributed by atoms with E-state index in [-0.39, 0.29) is 17.1 Å². The van der Waals surface area contributed by atoms with Crippen molar-refractivity contribution >= 4 is 21.7 Å². The van der Waals surface area contributed by atoms with Crippen LogP contribution in [0.4, 0.5) is 0 Å². The van der Waals surface area contributed by atoms with Gasteiger partial charge in [-0.05, 0) is 23.2 Å². The molecule has 3 nitrogen and oxygen atoms in total. The Balaban J connectivity index is 1.89. The summed E-state index contributed by atoms with van der Waals surface area (Å²) in [5.74, 6) is 1.02. The van der Waals surface area contributed by atoms with Crippen LogP contribution >= 0.6 is 15.9 Å². The molecule has 0 aromatic heterocycles. The first-order valence-electron chi connectivity index (χ1n) is 5.84. The van der Waals surface area contributed by atoms with Crippen LogP contribution < -0.4 is 0 Å². The highest BCUT2D eigenvalue weighted by atomic mass is 79.9. The second-order valence-corrected chi connectivity index (χ2v) is 6.32. The van der Waals surface area contributed by atoms with E-state index >= 15 is 0 Å². The molecule has 5 rings (SSSR count). The van der Waals surface area contributed by atoms with Crippen LogP contribution in [0.3, 0.4) is 0 Å². The summed E-state index contributed by atoms with van der Waals surface area (Å²) in [7, 11) is 0. The zero-order valence-corrected chi connectivity index (χ0v) is 10.5. The van der Waals surface area contributed by atoms with Gasteiger partial charge in [-0.2, -0.15) is 0 Å². The van der Waals surface area contributed by atoms with Gasteiger partial charge in [0, 0.05) is 12.5 Å². The van der Waals surface area contributed by atoms with Crippen LogP contribution in [0.25, 0.3) is 0 Å². The number of carbonyl (C=O) groups is 1. The molecule has 2 heterocycles. The van der Waals surface area contributed by atoms with Crippen molar-refractivity contribution in [3.8, 4) is 0 Å². The van der Waals surface area contributed by atoms with Crippen LogP contribution in [0.2, 0.25) is 0 Å². The molecule has 86 valence electrons. The smallest absolute Gasteiger partial charge is 0.180 e. The lowest BCUT2D eigenvalue weighted by atomic mass is 9.53. The summed E-state index contributed by atoms with van der Waals surface area (Å²) >= 11 is 3.62. The molecule has 2 bridgehead atoms. The maximum absolute atomic E-state index is 12.6. The van der Waals surface area contributed by atoms with Crippen LogP contribution in [-0.2, 0) is 14.3 Å². The van der Waals surface area contributed by atoms with Crippen molar-refractivity contribution in [1.82, 2.24) is 0 Å². The number of carbonyl (C=O) groups excluding carboxylic acids is 1. The van der Waals surface area contributed by atoms with Crippen molar-refractivity contribution in [3.05, 3.63) is 10.6 Å². The first-order chi connectivity index (χ1) is 7.69. The standard InChI is InChI=1S/C12H13BrO3/c13-9-4-11-5-15-2-1-7(11)3-8(9)12(6-16-12)10(11)14/h4,7-8H,1-3,5-6H2/t7?,8?,11-,12+/m1/s1. The minimum Gasteiger partial charge on any atom is -0.380 e. The highest BCUT2D eigenvalue weighted by Crippen LogP contribution is 2.62. The summed E-state index contributed by atoms with van der Waals surface area (Å²) in [5, 5.41) is 0. The molecule has 0 amide bonds. The Morgan fingerprint density at radius 2 is 2.25 bits per heavy atom. The highest BCUT2D eigenvalue weighted by molar-refractivity contribution is 9.11. The quantitative estimate of drug-likeness (QED) is 0.635. The van der Waals surface area contributed by atoms with Crippen molar-refractivity contribution in [3.63, 3.8) is 0 Å². The van der Waals surface area contributed by atoms with E-state index in [0.29, 0.717) is 19.1 Å². The Kier molecular flexibility index (Phi) is 1.71. The van der Waals surface area contributed by atoms with Gasteiger partial charge in [0.2, 0.25) is 0 Å². The number of epoxide rings is 1. The van der Waals surface area contributed by atoms with Crippen molar-refractivity contribution < 1.29 is 14.3 Å². The minimum atomic E-state index is -0.481. The van der Waals surface area contributed by atoms with Crippen LogP contribution in [0.5, 0.6) is 0 Å². The van der Waals surface area contributed by atoms with Gasteiger partial charge in [-0.25, -0.2) is 0 Å². The third kappa shape index (κ3) is 0.913. The molecule has 4 heteroatoms. The highest BCUT2D eigenvalue weighted by Gasteiger charge is 2.71. The van der Waals surface area contributed by atoms with E-state index in [0.717, 1.165) is 23.9 Å². The van der Waals surface area contributed by atoms with Crippen molar-refractivity contribution in [2.45, 2.75) is 18.4 Å². The fraction of sp³-hybridized carbons (Fsp3) is 0.750. The van der Waals surface area contributed by atoms with Gasteiger partial charge < -0.3 is 9.47 Å². The molecule has 0 radical (unpaired) electrons. The van der Waals surface area contributed by atoms with Gasteiger partial charge in [-0.15, -0.1) is 0 Å². The zero-order chi connectivity index (χ0) is 11.0. The van der Waals surface area contributed by atoms with Gasteiger partial charge in [0.15, 0.2) is 11.4 Å². The molecule has 2 aliphatic heterocycles. The average Bonchev–Trinajstić information content (AvgIpc) is 3.06. The van der Waals surface area contributed by atoms with Crippen LogP contribution in [0.15, 0.2) is 10.6 Å². The lowest BCUT2D eigenvalue weighted by Gasteiger charge is -2.52. The summed E-state index contributed by atoms with van der Waals surface area (Å²) in [6.07, 6.45) is 4.20. The second-order valence-electron chi connectivity index (χ2n) is 5.40. The maximum atomic E-state index is 12.6. The Morgan fingerprint density at radius 1 is 1.44 bits per heavy atom. The average molecular weight is 285 g/mol. The monoisotopic (exact) mass is 284 g/mol. The van der Waals surface area contributed by atoms with E-state index in [9.17, 15) is 4.79 Å². The van der Waals surface area contributed by atoms with E-state index < -0.39 is 5.60 Å². The van der Waals surface area contributed by atoms with Crippen LogP contribution in [0.1, 0.15) is 12.8 Å². The molecule has 1 saturated carbocycles. The summed E-state index contributed by atoms with van der Waals surface area (Å²) < 4.78 is 12.2. The van der Waals surface area contributed by atoms with Crippen molar-refractivity contribution in [2.75, 3.05) is 19.8 Å². The van der Waals surface area contributed by atoms with Crippen molar-refractivity contribution in [1.29, 1.82) is 0 Å². The number of hydrogen-bond donors (Lipinski definition) is 0. The van der Waals surface area contributed by atoms with E-state index in [1.54, 1.807) is 0 Å². The molecule has 2 spiro atoms. The lowest BCUT2D eigenvalue weighted by Crippen LogP contribution is -2.61. The Bertz CT molecular complexity index is 412. The van der Waals surface area contributed by atoms with Gasteiger partial charge in [-0.3, -0.25) is 4.79 Å². The van der Waals surface area contributed by atoms with E-state index in [1.807, 2.05) is 0 Å². The first-order valence-corrected chi connectivity index (χ1v) is 6.63. The number of ketones is 1. The van der Waals surface area contributed by atoms with Crippen molar-refractivity contribution in [2.24, 2.45) is 17.3 Å².